The second kappa shape index (κ2) is 5.08. The lowest BCUT2D eigenvalue weighted by molar-refractivity contribution is 0.00315. The molecule has 0 saturated carbocycles. The van der Waals surface area contributed by atoms with Crippen molar-refractivity contribution in [1.29, 1.82) is 5.26 Å². The molecule has 0 radical (unpaired) electrons. The van der Waals surface area contributed by atoms with Crippen molar-refractivity contribution in [2.24, 2.45) is 0 Å². The summed E-state index contributed by atoms with van der Waals surface area (Å²) in [7, 11) is 0. The molecule has 1 amide bonds. The van der Waals surface area contributed by atoms with E-state index in [-0.39, 0.29) is 23.3 Å². The van der Waals surface area contributed by atoms with Crippen molar-refractivity contribution in [3.05, 3.63) is 23.0 Å². The Bertz CT molecular complexity index is 456. The Hall–Kier alpha value is -1.71. The summed E-state index contributed by atoms with van der Waals surface area (Å²) in [5.74, 6) is -0.266. The van der Waals surface area contributed by atoms with Gasteiger partial charge in [-0.1, -0.05) is 11.6 Å². The number of nitriles is 1. The molecule has 1 aromatic rings. The molecule has 0 aliphatic carbocycles. The minimum Gasteiger partial charge on any atom is -0.360 e. The molecular formula is C10H9ClN4O2. The first-order chi connectivity index (χ1) is 8.20. The van der Waals surface area contributed by atoms with E-state index in [1.54, 1.807) is 0 Å². The molecule has 1 atom stereocenters. The molecule has 6 nitrogen and oxygen atoms in total. The smallest absolute Gasteiger partial charge is 0.274 e. The van der Waals surface area contributed by atoms with Gasteiger partial charge >= 0.3 is 0 Å². The van der Waals surface area contributed by atoms with E-state index < -0.39 is 6.10 Å². The van der Waals surface area contributed by atoms with Crippen LogP contribution in [0.5, 0.6) is 0 Å². The van der Waals surface area contributed by atoms with E-state index in [1.165, 1.54) is 17.0 Å². The van der Waals surface area contributed by atoms with Crippen molar-refractivity contribution in [3.63, 3.8) is 0 Å². The van der Waals surface area contributed by atoms with Crippen LogP contribution in [0.15, 0.2) is 12.1 Å². The van der Waals surface area contributed by atoms with E-state index in [2.05, 4.69) is 10.2 Å². The number of carbonyl (C=O) groups is 1. The molecule has 1 aliphatic rings. The van der Waals surface area contributed by atoms with Crippen LogP contribution in [0, 0.1) is 11.3 Å². The van der Waals surface area contributed by atoms with Gasteiger partial charge in [-0.15, -0.1) is 10.2 Å². The molecule has 88 valence electrons. The van der Waals surface area contributed by atoms with Crippen LogP contribution in [0.4, 0.5) is 0 Å². The molecule has 0 spiro atoms. The molecule has 1 aliphatic heterocycles. The van der Waals surface area contributed by atoms with Gasteiger partial charge < -0.3 is 9.64 Å². The van der Waals surface area contributed by atoms with Crippen molar-refractivity contribution in [2.75, 3.05) is 19.7 Å². The van der Waals surface area contributed by atoms with Gasteiger partial charge in [-0.25, -0.2) is 0 Å². The Morgan fingerprint density at radius 3 is 3.06 bits per heavy atom. The molecule has 0 aromatic carbocycles. The minimum absolute atomic E-state index is 0.216. The van der Waals surface area contributed by atoms with Crippen LogP contribution >= 0.6 is 11.6 Å². The van der Waals surface area contributed by atoms with Crippen molar-refractivity contribution in [3.8, 4) is 6.07 Å². The van der Waals surface area contributed by atoms with Gasteiger partial charge in [0.1, 0.15) is 0 Å². The highest BCUT2D eigenvalue weighted by molar-refractivity contribution is 6.29. The molecule has 17 heavy (non-hydrogen) atoms. The monoisotopic (exact) mass is 252 g/mol. The summed E-state index contributed by atoms with van der Waals surface area (Å²) < 4.78 is 5.15. The highest BCUT2D eigenvalue weighted by atomic mass is 35.5. The summed E-state index contributed by atoms with van der Waals surface area (Å²) in [6.45, 7) is 1.05. The molecular weight excluding hydrogens is 244 g/mol. The zero-order chi connectivity index (χ0) is 12.3. The Balaban J connectivity index is 2.09. The topological polar surface area (TPSA) is 79.1 Å². The van der Waals surface area contributed by atoms with E-state index in [1.807, 2.05) is 6.07 Å². The lowest BCUT2D eigenvalue weighted by Crippen LogP contribution is -2.45. The molecule has 0 bridgehead atoms. The van der Waals surface area contributed by atoms with Gasteiger partial charge in [-0.05, 0) is 12.1 Å². The Morgan fingerprint density at radius 1 is 1.59 bits per heavy atom. The van der Waals surface area contributed by atoms with Crippen LogP contribution in [-0.2, 0) is 4.74 Å². The van der Waals surface area contributed by atoms with Gasteiger partial charge in [0.25, 0.3) is 5.91 Å². The first-order valence-electron chi connectivity index (χ1n) is 5.00. The average molecular weight is 253 g/mol. The number of hydrogen-bond donors (Lipinski definition) is 0. The average Bonchev–Trinajstić information content (AvgIpc) is 2.39. The molecule has 1 aromatic heterocycles. The predicted octanol–water partition coefficient (Wildman–Crippen LogP) is 0.495. The zero-order valence-electron chi connectivity index (χ0n) is 8.84. The molecule has 7 heteroatoms. The largest absolute Gasteiger partial charge is 0.360 e. The number of carbonyl (C=O) groups excluding carboxylic acids is 1. The zero-order valence-corrected chi connectivity index (χ0v) is 9.59. The number of halogens is 1. The van der Waals surface area contributed by atoms with Crippen molar-refractivity contribution in [1.82, 2.24) is 15.1 Å². The Kier molecular flexibility index (Phi) is 3.52. The molecule has 1 unspecified atom stereocenters. The van der Waals surface area contributed by atoms with Gasteiger partial charge in [0.05, 0.1) is 19.2 Å². The van der Waals surface area contributed by atoms with Crippen LogP contribution in [0.3, 0.4) is 0 Å². The summed E-state index contributed by atoms with van der Waals surface area (Å²) >= 11 is 5.59. The fourth-order valence-electron chi connectivity index (χ4n) is 1.50. The first-order valence-corrected chi connectivity index (χ1v) is 5.38. The second-order valence-corrected chi connectivity index (χ2v) is 3.87. The fraction of sp³-hybridized carbons (Fsp3) is 0.400. The van der Waals surface area contributed by atoms with Gasteiger partial charge in [0, 0.05) is 6.54 Å². The van der Waals surface area contributed by atoms with Crippen LogP contribution in [0.25, 0.3) is 0 Å². The molecule has 1 saturated heterocycles. The van der Waals surface area contributed by atoms with Crippen LogP contribution in [-0.4, -0.2) is 46.8 Å². The normalized spacial score (nSPS) is 19.8. The number of ether oxygens (including phenoxy) is 1. The maximum Gasteiger partial charge on any atom is 0.274 e. The molecule has 2 heterocycles. The van der Waals surface area contributed by atoms with E-state index in [9.17, 15) is 4.79 Å². The van der Waals surface area contributed by atoms with Crippen LogP contribution in [0.1, 0.15) is 10.5 Å². The third kappa shape index (κ3) is 2.70. The number of nitrogens with zero attached hydrogens (tertiary/aromatic N) is 4. The van der Waals surface area contributed by atoms with Gasteiger partial charge in [0.15, 0.2) is 17.0 Å². The molecule has 1 fully saturated rings. The van der Waals surface area contributed by atoms with E-state index >= 15 is 0 Å². The maximum atomic E-state index is 12.0. The van der Waals surface area contributed by atoms with Crippen molar-refractivity contribution < 1.29 is 9.53 Å². The van der Waals surface area contributed by atoms with Crippen molar-refractivity contribution in [2.45, 2.75) is 6.10 Å². The predicted molar refractivity (Wildman–Crippen MR) is 58.3 cm³/mol. The molecule has 2 rings (SSSR count). The number of aromatic nitrogens is 2. The third-order valence-corrected chi connectivity index (χ3v) is 2.55. The van der Waals surface area contributed by atoms with Crippen LogP contribution < -0.4 is 0 Å². The highest BCUT2D eigenvalue weighted by Gasteiger charge is 2.25. The fourth-order valence-corrected chi connectivity index (χ4v) is 1.60. The minimum atomic E-state index is -0.576. The summed E-state index contributed by atoms with van der Waals surface area (Å²) in [6, 6.07) is 4.99. The summed E-state index contributed by atoms with van der Waals surface area (Å²) in [5, 5.41) is 16.3. The number of morpholine rings is 1. The first kappa shape index (κ1) is 11.8. The SMILES string of the molecule is N#CC1CN(C(=O)c2ccc(Cl)nn2)CCO1. The lowest BCUT2D eigenvalue weighted by Gasteiger charge is -2.29. The van der Waals surface area contributed by atoms with E-state index in [0.717, 1.165) is 0 Å². The van der Waals surface area contributed by atoms with Crippen LogP contribution in [0.2, 0.25) is 5.15 Å². The number of rotatable bonds is 1. The second-order valence-electron chi connectivity index (χ2n) is 3.48. The Morgan fingerprint density at radius 2 is 2.41 bits per heavy atom. The highest BCUT2D eigenvalue weighted by Crippen LogP contribution is 2.09. The van der Waals surface area contributed by atoms with E-state index in [4.69, 9.17) is 21.6 Å². The van der Waals surface area contributed by atoms with Gasteiger partial charge in [-0.2, -0.15) is 5.26 Å². The van der Waals surface area contributed by atoms with Crippen molar-refractivity contribution >= 4 is 17.5 Å². The van der Waals surface area contributed by atoms with E-state index in [0.29, 0.717) is 13.2 Å². The third-order valence-electron chi connectivity index (χ3n) is 2.35. The lowest BCUT2D eigenvalue weighted by atomic mass is 10.2. The summed E-state index contributed by atoms with van der Waals surface area (Å²) in [4.78, 5) is 13.5. The summed E-state index contributed by atoms with van der Waals surface area (Å²) in [5.41, 5.74) is 0.216. The number of amides is 1. The quantitative estimate of drug-likeness (QED) is 0.727. The Labute approximate surface area is 103 Å². The molecule has 0 N–H and O–H groups in total. The summed E-state index contributed by atoms with van der Waals surface area (Å²) in [6.07, 6.45) is -0.576. The van der Waals surface area contributed by atoms with Gasteiger partial charge in [0.2, 0.25) is 0 Å². The van der Waals surface area contributed by atoms with Gasteiger partial charge in [-0.3, -0.25) is 4.79 Å². The standard InChI is InChI=1S/C10H9ClN4O2/c11-9-2-1-8(13-14-9)10(16)15-3-4-17-7(5-12)6-15/h1-2,7H,3-4,6H2. The number of hydrogen-bond acceptors (Lipinski definition) is 5. The maximum absolute atomic E-state index is 12.0.